The van der Waals surface area contributed by atoms with Crippen LogP contribution in [0.2, 0.25) is 0 Å². The van der Waals surface area contributed by atoms with E-state index in [0.29, 0.717) is 6.42 Å². The van der Waals surface area contributed by atoms with Crippen LogP contribution in [-0.4, -0.2) is 23.4 Å². The van der Waals surface area contributed by atoms with E-state index < -0.39 is 7.60 Å². The highest BCUT2D eigenvalue weighted by Gasteiger charge is 2.22. The molecule has 17 heavy (non-hydrogen) atoms. The molecule has 0 radical (unpaired) electrons. The third-order valence-electron chi connectivity index (χ3n) is 2.33. The maximum Gasteiger partial charge on any atom is 0.335 e. The zero-order valence-corrected chi connectivity index (χ0v) is 11.5. The van der Waals surface area contributed by atoms with Crippen LogP contribution in [0.1, 0.15) is 45.4 Å². The second-order valence-corrected chi connectivity index (χ2v) is 5.93. The fourth-order valence-electron chi connectivity index (χ4n) is 1.44. The predicted molar refractivity (Wildman–Crippen MR) is 69.2 cm³/mol. The summed E-state index contributed by atoms with van der Waals surface area (Å²) in [6.07, 6.45) is 6.62. The standard InChI is InChI=1S/C12H23O4P/c1-3-5-6-7-8-9-12(13)11-17(14,15)16-10-4-2/h4H,2-3,5-11H2,1H3,(H,14,15). The Morgan fingerprint density at radius 2 is 2.00 bits per heavy atom. The van der Waals surface area contributed by atoms with Crippen LogP contribution in [0.25, 0.3) is 0 Å². The summed E-state index contributed by atoms with van der Waals surface area (Å²) in [4.78, 5) is 20.7. The van der Waals surface area contributed by atoms with Gasteiger partial charge in [0.25, 0.3) is 0 Å². The first kappa shape index (κ1) is 16.6. The van der Waals surface area contributed by atoms with E-state index in [-0.39, 0.29) is 18.6 Å². The number of carbonyl (C=O) groups excluding carboxylic acids is 1. The van der Waals surface area contributed by atoms with Crippen molar-refractivity contribution in [2.45, 2.75) is 45.4 Å². The maximum absolute atomic E-state index is 11.4. The molecule has 0 fully saturated rings. The Kier molecular flexibility index (Phi) is 9.33. The molecule has 0 aliphatic carbocycles. The highest BCUT2D eigenvalue weighted by molar-refractivity contribution is 7.53. The number of rotatable bonds is 11. The van der Waals surface area contributed by atoms with E-state index in [1.54, 1.807) is 0 Å². The van der Waals surface area contributed by atoms with Gasteiger partial charge in [-0.3, -0.25) is 9.36 Å². The molecule has 0 aromatic rings. The molecule has 1 unspecified atom stereocenters. The molecule has 100 valence electrons. The Balaban J connectivity index is 3.70. The van der Waals surface area contributed by atoms with Gasteiger partial charge in [0.2, 0.25) is 0 Å². The molecule has 0 aliphatic heterocycles. The van der Waals surface area contributed by atoms with Crippen molar-refractivity contribution in [2.75, 3.05) is 12.8 Å². The minimum Gasteiger partial charge on any atom is -0.324 e. The van der Waals surface area contributed by atoms with Gasteiger partial charge in [0.05, 0.1) is 6.61 Å². The fourth-order valence-corrected chi connectivity index (χ4v) is 2.48. The Morgan fingerprint density at radius 3 is 2.59 bits per heavy atom. The molecule has 0 saturated heterocycles. The fraction of sp³-hybridized carbons (Fsp3) is 0.750. The van der Waals surface area contributed by atoms with E-state index >= 15 is 0 Å². The lowest BCUT2D eigenvalue weighted by Gasteiger charge is -2.09. The van der Waals surface area contributed by atoms with Gasteiger partial charge in [0, 0.05) is 6.42 Å². The third-order valence-corrected chi connectivity index (χ3v) is 3.63. The smallest absolute Gasteiger partial charge is 0.324 e. The SMILES string of the molecule is C=CCOP(=O)(O)CC(=O)CCCCCCC. The van der Waals surface area contributed by atoms with Gasteiger partial charge in [-0.25, -0.2) is 0 Å². The van der Waals surface area contributed by atoms with Crippen LogP contribution >= 0.6 is 7.60 Å². The molecule has 0 amide bonds. The van der Waals surface area contributed by atoms with E-state index in [1.165, 1.54) is 12.5 Å². The molecule has 0 rings (SSSR count). The Bertz CT molecular complexity index is 276. The Labute approximate surface area is 104 Å². The molecule has 4 nitrogen and oxygen atoms in total. The minimum atomic E-state index is -3.75. The molecule has 1 N–H and O–H groups in total. The van der Waals surface area contributed by atoms with Crippen molar-refractivity contribution >= 4 is 13.4 Å². The first-order valence-corrected chi connectivity index (χ1v) is 7.87. The van der Waals surface area contributed by atoms with Crippen molar-refractivity contribution < 1.29 is 18.8 Å². The largest absolute Gasteiger partial charge is 0.335 e. The van der Waals surface area contributed by atoms with E-state index in [2.05, 4.69) is 18.0 Å². The molecule has 0 spiro atoms. The average Bonchev–Trinajstić information content (AvgIpc) is 2.25. The predicted octanol–water partition coefficient (Wildman–Crippen LogP) is 3.30. The van der Waals surface area contributed by atoms with Gasteiger partial charge in [-0.05, 0) is 6.42 Å². The number of ketones is 1. The van der Waals surface area contributed by atoms with Gasteiger partial charge in [-0.15, -0.1) is 6.58 Å². The monoisotopic (exact) mass is 262 g/mol. The summed E-state index contributed by atoms with van der Waals surface area (Å²) in [6.45, 7) is 5.51. The molecular weight excluding hydrogens is 239 g/mol. The van der Waals surface area contributed by atoms with Crippen LogP contribution in [0.15, 0.2) is 12.7 Å². The van der Waals surface area contributed by atoms with Crippen molar-refractivity contribution in [2.24, 2.45) is 0 Å². The summed E-state index contributed by atoms with van der Waals surface area (Å²) < 4.78 is 16.0. The first-order valence-electron chi connectivity index (χ1n) is 6.10. The van der Waals surface area contributed by atoms with Gasteiger partial charge in [-0.2, -0.15) is 0 Å². The molecule has 0 aromatic heterocycles. The molecule has 0 bridgehead atoms. The quantitative estimate of drug-likeness (QED) is 0.352. The molecule has 5 heteroatoms. The summed E-state index contributed by atoms with van der Waals surface area (Å²) in [7, 11) is -3.75. The first-order chi connectivity index (χ1) is 8.02. The van der Waals surface area contributed by atoms with Crippen LogP contribution in [0.5, 0.6) is 0 Å². The van der Waals surface area contributed by atoms with Crippen LogP contribution in [-0.2, 0) is 13.9 Å². The summed E-state index contributed by atoms with van der Waals surface area (Å²) in [6, 6.07) is 0. The lowest BCUT2D eigenvalue weighted by molar-refractivity contribution is -0.117. The molecular formula is C12H23O4P. The van der Waals surface area contributed by atoms with Crippen LogP contribution in [0.3, 0.4) is 0 Å². The van der Waals surface area contributed by atoms with Gasteiger partial charge in [0.1, 0.15) is 11.9 Å². The molecule has 1 atom stereocenters. The zero-order chi connectivity index (χ0) is 13.1. The molecule has 0 heterocycles. The van der Waals surface area contributed by atoms with Gasteiger partial charge in [-0.1, -0.05) is 38.7 Å². The average molecular weight is 262 g/mol. The summed E-state index contributed by atoms with van der Waals surface area (Å²) >= 11 is 0. The highest BCUT2D eigenvalue weighted by Crippen LogP contribution is 2.41. The van der Waals surface area contributed by atoms with Crippen LogP contribution in [0.4, 0.5) is 0 Å². The van der Waals surface area contributed by atoms with Gasteiger partial charge >= 0.3 is 7.60 Å². The third kappa shape index (κ3) is 10.4. The lowest BCUT2D eigenvalue weighted by atomic mass is 10.1. The summed E-state index contributed by atoms with van der Waals surface area (Å²) in [5.74, 6) is -0.198. The number of Topliss-reactive ketones (excluding diaryl/α,β-unsaturated/α-hetero) is 1. The molecule has 0 aliphatic rings. The van der Waals surface area contributed by atoms with Crippen molar-refractivity contribution in [3.05, 3.63) is 12.7 Å². The van der Waals surface area contributed by atoms with Gasteiger partial charge < -0.3 is 9.42 Å². The maximum atomic E-state index is 11.4. The van der Waals surface area contributed by atoms with E-state index in [4.69, 9.17) is 0 Å². The Morgan fingerprint density at radius 1 is 1.35 bits per heavy atom. The summed E-state index contributed by atoms with van der Waals surface area (Å²) in [5.41, 5.74) is 0. The van der Waals surface area contributed by atoms with Crippen molar-refractivity contribution in [1.29, 1.82) is 0 Å². The number of carbonyl (C=O) groups is 1. The zero-order valence-electron chi connectivity index (χ0n) is 10.6. The molecule has 0 saturated carbocycles. The lowest BCUT2D eigenvalue weighted by Crippen LogP contribution is -2.07. The summed E-state index contributed by atoms with van der Waals surface area (Å²) in [5, 5.41) is 0. The van der Waals surface area contributed by atoms with Crippen LogP contribution < -0.4 is 0 Å². The van der Waals surface area contributed by atoms with Crippen molar-refractivity contribution in [1.82, 2.24) is 0 Å². The number of hydrogen-bond donors (Lipinski definition) is 1. The number of hydrogen-bond acceptors (Lipinski definition) is 3. The second kappa shape index (κ2) is 9.58. The van der Waals surface area contributed by atoms with E-state index in [9.17, 15) is 14.3 Å². The topological polar surface area (TPSA) is 63.6 Å². The normalized spacial score (nSPS) is 14.2. The second-order valence-electron chi connectivity index (χ2n) is 4.08. The highest BCUT2D eigenvalue weighted by atomic mass is 31.2. The minimum absolute atomic E-state index is 0.00242. The van der Waals surface area contributed by atoms with E-state index in [0.717, 1.165) is 25.7 Å². The Hall–Kier alpha value is -0.440. The van der Waals surface area contributed by atoms with Crippen LogP contribution in [0, 0.1) is 0 Å². The van der Waals surface area contributed by atoms with Crippen molar-refractivity contribution in [3.8, 4) is 0 Å². The van der Waals surface area contributed by atoms with E-state index in [1.807, 2.05) is 0 Å². The van der Waals surface area contributed by atoms with Gasteiger partial charge in [0.15, 0.2) is 0 Å². The van der Waals surface area contributed by atoms with Crippen molar-refractivity contribution in [3.63, 3.8) is 0 Å². The number of unbranched alkanes of at least 4 members (excludes halogenated alkanes) is 4. The molecule has 0 aromatic carbocycles.